The lowest BCUT2D eigenvalue weighted by Gasteiger charge is -2.27. The van der Waals surface area contributed by atoms with Crippen LogP contribution in [-0.4, -0.2) is 24.8 Å². The Balaban J connectivity index is 1.75. The van der Waals surface area contributed by atoms with Gasteiger partial charge in [-0.25, -0.2) is 0 Å². The summed E-state index contributed by atoms with van der Waals surface area (Å²) < 4.78 is 23.0. The Kier molecular flexibility index (Phi) is 6.39. The number of phenols is 1. The van der Waals surface area contributed by atoms with Crippen molar-refractivity contribution in [2.24, 2.45) is 0 Å². The van der Waals surface area contributed by atoms with Crippen LogP contribution in [0.1, 0.15) is 30.4 Å². The molecule has 0 amide bonds. The van der Waals surface area contributed by atoms with E-state index in [0.29, 0.717) is 33.2 Å². The first-order valence-corrected chi connectivity index (χ1v) is 11.9. The number of ether oxygens (including phenoxy) is 3. The third kappa shape index (κ3) is 4.42. The van der Waals surface area contributed by atoms with E-state index in [1.54, 1.807) is 36.4 Å². The minimum Gasteiger partial charge on any atom is -0.507 e. The van der Waals surface area contributed by atoms with Gasteiger partial charge in [-0.3, -0.25) is 9.59 Å². The fraction of sp³-hybridized carbons (Fsp3) is 0.172. The van der Waals surface area contributed by atoms with Crippen LogP contribution in [0.3, 0.4) is 0 Å². The summed E-state index contributed by atoms with van der Waals surface area (Å²) in [4.78, 5) is 26.2. The summed E-state index contributed by atoms with van der Waals surface area (Å²) >= 11 is 5.99. The summed E-state index contributed by atoms with van der Waals surface area (Å²) in [5, 5.41) is 11.3. The van der Waals surface area contributed by atoms with Crippen LogP contribution >= 0.6 is 11.6 Å². The van der Waals surface area contributed by atoms with Crippen molar-refractivity contribution in [3.8, 4) is 34.1 Å². The molecule has 5 rings (SSSR count). The molecule has 1 aromatic heterocycles. The molecule has 4 aromatic rings. The zero-order valence-corrected chi connectivity index (χ0v) is 20.9. The van der Waals surface area contributed by atoms with Crippen LogP contribution < -0.4 is 19.6 Å². The molecule has 0 spiro atoms. The molecular weight excluding hydrogens is 496 g/mol. The number of carbonyl (C=O) groups is 1. The molecular formula is C29H23ClO7. The van der Waals surface area contributed by atoms with Gasteiger partial charge >= 0.3 is 5.97 Å². The van der Waals surface area contributed by atoms with Crippen molar-refractivity contribution in [3.63, 3.8) is 0 Å². The molecule has 0 radical (unpaired) electrons. The maximum absolute atomic E-state index is 13.6. The van der Waals surface area contributed by atoms with E-state index < -0.39 is 17.3 Å². The Hall–Kier alpha value is -4.23. The number of rotatable bonds is 6. The van der Waals surface area contributed by atoms with E-state index in [1.165, 1.54) is 19.4 Å². The van der Waals surface area contributed by atoms with E-state index in [4.69, 9.17) is 30.2 Å². The maximum atomic E-state index is 13.6. The standard InChI is InChI=1S/C29H23ClO7/c1-15(2)13-35-28-18(5-4-6-22(28)34-3)19-11-24(32)37-23-12-21(31)26-27(33)20(14-36-29(26)25(19)23)16-7-9-17(30)10-8-16/h4-10,12,14,19,31H,1,11,13H2,2-3H3/t19-/m1/s1. The molecule has 1 aliphatic rings. The largest absolute Gasteiger partial charge is 0.507 e. The second-order valence-electron chi connectivity index (χ2n) is 8.85. The lowest BCUT2D eigenvalue weighted by atomic mass is 9.84. The highest BCUT2D eigenvalue weighted by molar-refractivity contribution is 6.30. The molecule has 7 nitrogen and oxygen atoms in total. The summed E-state index contributed by atoms with van der Waals surface area (Å²) in [6.45, 7) is 5.97. The summed E-state index contributed by atoms with van der Waals surface area (Å²) in [5.41, 5.74) is 2.46. The quantitative estimate of drug-likeness (QED) is 0.184. The van der Waals surface area contributed by atoms with E-state index in [9.17, 15) is 14.7 Å². The van der Waals surface area contributed by atoms with Crippen molar-refractivity contribution in [2.75, 3.05) is 13.7 Å². The van der Waals surface area contributed by atoms with Gasteiger partial charge in [0, 0.05) is 28.1 Å². The van der Waals surface area contributed by atoms with Gasteiger partial charge < -0.3 is 23.7 Å². The molecule has 0 aliphatic carbocycles. The number of methoxy groups -OCH3 is 1. The highest BCUT2D eigenvalue weighted by Gasteiger charge is 2.36. The summed E-state index contributed by atoms with van der Waals surface area (Å²) in [6, 6.07) is 13.4. The first kappa shape index (κ1) is 24.5. The number of para-hydroxylation sites is 1. The molecule has 0 bridgehead atoms. The third-order valence-electron chi connectivity index (χ3n) is 6.19. The van der Waals surface area contributed by atoms with Crippen molar-refractivity contribution >= 4 is 28.5 Å². The van der Waals surface area contributed by atoms with Crippen LogP contribution in [0, 0.1) is 0 Å². The second-order valence-corrected chi connectivity index (χ2v) is 9.29. The Morgan fingerprint density at radius 2 is 1.95 bits per heavy atom. The van der Waals surface area contributed by atoms with Gasteiger partial charge in [0.15, 0.2) is 11.5 Å². The van der Waals surface area contributed by atoms with Crippen LogP contribution in [0.15, 0.2) is 76.2 Å². The number of esters is 1. The van der Waals surface area contributed by atoms with Crippen molar-refractivity contribution in [1.82, 2.24) is 0 Å². The van der Waals surface area contributed by atoms with Gasteiger partial charge in [0.2, 0.25) is 5.43 Å². The number of aromatic hydroxyl groups is 1. The molecule has 1 atom stereocenters. The molecule has 188 valence electrons. The molecule has 0 fully saturated rings. The molecule has 1 aliphatic heterocycles. The molecule has 3 aromatic carbocycles. The van der Waals surface area contributed by atoms with Crippen LogP contribution in [0.5, 0.6) is 23.0 Å². The lowest BCUT2D eigenvalue weighted by molar-refractivity contribution is -0.135. The van der Waals surface area contributed by atoms with Crippen LogP contribution in [0.2, 0.25) is 5.02 Å². The van der Waals surface area contributed by atoms with E-state index >= 15 is 0 Å². The maximum Gasteiger partial charge on any atom is 0.312 e. The van der Waals surface area contributed by atoms with Gasteiger partial charge in [0.1, 0.15) is 35.3 Å². The van der Waals surface area contributed by atoms with Gasteiger partial charge in [-0.2, -0.15) is 0 Å². The van der Waals surface area contributed by atoms with Crippen molar-refractivity contribution in [2.45, 2.75) is 19.3 Å². The first-order valence-electron chi connectivity index (χ1n) is 11.5. The molecule has 37 heavy (non-hydrogen) atoms. The van der Waals surface area contributed by atoms with Crippen molar-refractivity contribution < 1.29 is 28.5 Å². The Bertz CT molecular complexity index is 1600. The number of halogens is 1. The molecule has 0 unspecified atom stereocenters. The van der Waals surface area contributed by atoms with Gasteiger partial charge in [0.05, 0.1) is 19.1 Å². The fourth-order valence-corrected chi connectivity index (χ4v) is 4.67. The monoisotopic (exact) mass is 518 g/mol. The van der Waals surface area contributed by atoms with E-state index in [0.717, 1.165) is 5.57 Å². The summed E-state index contributed by atoms with van der Waals surface area (Å²) in [6.07, 6.45) is 1.30. The SMILES string of the molecule is C=C(C)COc1c(OC)cccc1[C@H]1CC(=O)Oc2cc(O)c3c(=O)c(-c4ccc(Cl)cc4)coc3c21. The van der Waals surface area contributed by atoms with Crippen LogP contribution in [0.25, 0.3) is 22.1 Å². The molecule has 1 N–H and O–H groups in total. The van der Waals surface area contributed by atoms with Crippen molar-refractivity contribution in [1.29, 1.82) is 0 Å². The minimum absolute atomic E-state index is 0.0125. The van der Waals surface area contributed by atoms with Crippen LogP contribution in [-0.2, 0) is 4.79 Å². The molecule has 0 saturated carbocycles. The van der Waals surface area contributed by atoms with Gasteiger partial charge in [-0.05, 0) is 36.3 Å². The van der Waals surface area contributed by atoms with Crippen LogP contribution in [0.4, 0.5) is 0 Å². The number of benzene rings is 3. The lowest BCUT2D eigenvalue weighted by Crippen LogP contribution is -2.22. The van der Waals surface area contributed by atoms with E-state index in [2.05, 4.69) is 6.58 Å². The molecule has 2 heterocycles. The van der Waals surface area contributed by atoms with Gasteiger partial charge in [-0.15, -0.1) is 0 Å². The Morgan fingerprint density at radius 1 is 1.19 bits per heavy atom. The predicted octanol–water partition coefficient (Wildman–Crippen LogP) is 6.22. The average molecular weight is 519 g/mol. The third-order valence-corrected chi connectivity index (χ3v) is 6.45. The minimum atomic E-state index is -0.598. The Labute approximate surface area is 217 Å². The number of hydrogen-bond acceptors (Lipinski definition) is 7. The average Bonchev–Trinajstić information content (AvgIpc) is 2.87. The zero-order valence-electron chi connectivity index (χ0n) is 20.2. The summed E-state index contributed by atoms with van der Waals surface area (Å²) in [5.74, 6) is -0.406. The van der Waals surface area contributed by atoms with E-state index in [-0.39, 0.29) is 41.1 Å². The summed E-state index contributed by atoms with van der Waals surface area (Å²) in [7, 11) is 1.53. The number of phenolic OH excluding ortho intramolecular Hbond substituents is 1. The van der Waals surface area contributed by atoms with Gasteiger partial charge in [-0.1, -0.05) is 42.4 Å². The number of carbonyl (C=O) groups excluding carboxylic acids is 1. The number of fused-ring (bicyclic) bond motifs is 3. The number of hydrogen-bond donors (Lipinski definition) is 1. The van der Waals surface area contributed by atoms with E-state index in [1.807, 2.05) is 13.0 Å². The topological polar surface area (TPSA) is 95.2 Å². The highest BCUT2D eigenvalue weighted by Crippen LogP contribution is 2.49. The molecule has 0 saturated heterocycles. The fourth-order valence-electron chi connectivity index (χ4n) is 4.54. The zero-order chi connectivity index (χ0) is 26.3. The first-order chi connectivity index (χ1) is 17.8. The molecule has 8 heteroatoms. The van der Waals surface area contributed by atoms with Crippen molar-refractivity contribution in [3.05, 3.63) is 93.3 Å². The predicted molar refractivity (Wildman–Crippen MR) is 140 cm³/mol. The normalized spacial score (nSPS) is 14.7. The Morgan fingerprint density at radius 3 is 2.65 bits per heavy atom. The smallest absolute Gasteiger partial charge is 0.312 e. The van der Waals surface area contributed by atoms with Gasteiger partial charge in [0.25, 0.3) is 0 Å². The second kappa shape index (κ2) is 9.67. The highest BCUT2D eigenvalue weighted by atomic mass is 35.5.